The third-order valence-corrected chi connectivity index (χ3v) is 5.33. The van der Waals surface area contributed by atoms with Gasteiger partial charge in [0.1, 0.15) is 6.17 Å². The fraction of sp³-hybridized carbons (Fsp3) is 0.158. The fourth-order valence-corrected chi connectivity index (χ4v) is 4.00. The normalized spacial score (nSPS) is 16.3. The summed E-state index contributed by atoms with van der Waals surface area (Å²) in [6, 6.07) is 12.6. The Morgan fingerprint density at radius 1 is 1.07 bits per heavy atom. The molecule has 0 aliphatic carbocycles. The van der Waals surface area contributed by atoms with Gasteiger partial charge >= 0.3 is 0 Å². The van der Waals surface area contributed by atoms with Crippen LogP contribution in [0.1, 0.15) is 27.9 Å². The Balaban J connectivity index is 1.86. The molecule has 8 heteroatoms. The third kappa shape index (κ3) is 3.06. The van der Waals surface area contributed by atoms with Crippen molar-refractivity contribution in [3.8, 4) is 5.69 Å². The highest BCUT2D eigenvalue weighted by atomic mass is 35.5. The maximum Gasteiger partial charge on any atom is 0.257 e. The lowest BCUT2D eigenvalue weighted by atomic mass is 10.1. The van der Waals surface area contributed by atoms with Crippen LogP contribution in [0, 0.1) is 6.92 Å². The molecule has 138 valence electrons. The van der Waals surface area contributed by atoms with Crippen LogP contribution in [0.2, 0.25) is 15.1 Å². The van der Waals surface area contributed by atoms with Crippen molar-refractivity contribution >= 4 is 46.4 Å². The van der Waals surface area contributed by atoms with Crippen LogP contribution in [0.25, 0.3) is 5.69 Å². The maximum absolute atomic E-state index is 12.9. The summed E-state index contributed by atoms with van der Waals surface area (Å²) in [4.78, 5) is 14.5. The Morgan fingerprint density at radius 2 is 1.81 bits per heavy atom. The molecular weight excluding hydrogens is 407 g/mol. The van der Waals surface area contributed by atoms with Crippen molar-refractivity contribution in [2.75, 3.05) is 12.4 Å². The molecule has 0 bridgehead atoms. The molecule has 0 fully saturated rings. The topological polar surface area (TPSA) is 50.2 Å². The van der Waals surface area contributed by atoms with Crippen LogP contribution in [0.15, 0.2) is 42.5 Å². The SMILES string of the molecule is Cc1cc(C2Nc3c(Cl)cc(Cl)cc3C(=O)N2C)n(-c2ccccc2Cl)n1. The third-order valence-electron chi connectivity index (χ3n) is 4.49. The number of rotatable bonds is 2. The number of halogens is 3. The van der Waals surface area contributed by atoms with Crippen molar-refractivity contribution in [2.45, 2.75) is 13.1 Å². The molecule has 1 aromatic heterocycles. The Labute approximate surface area is 171 Å². The Kier molecular flexibility index (Phi) is 4.54. The average molecular weight is 422 g/mol. The molecule has 4 rings (SSSR count). The molecule has 2 heterocycles. The Hall–Kier alpha value is -2.21. The van der Waals surface area contributed by atoms with Crippen LogP contribution < -0.4 is 5.32 Å². The molecule has 1 N–H and O–H groups in total. The van der Waals surface area contributed by atoms with E-state index >= 15 is 0 Å². The van der Waals surface area contributed by atoms with Gasteiger partial charge in [0.15, 0.2) is 0 Å². The molecule has 1 unspecified atom stereocenters. The lowest BCUT2D eigenvalue weighted by Crippen LogP contribution is -2.41. The summed E-state index contributed by atoms with van der Waals surface area (Å²) in [6.45, 7) is 1.89. The first-order valence-corrected chi connectivity index (χ1v) is 9.34. The summed E-state index contributed by atoms with van der Waals surface area (Å²) in [7, 11) is 1.72. The number of hydrogen-bond donors (Lipinski definition) is 1. The molecule has 3 aromatic rings. The largest absolute Gasteiger partial charge is 0.358 e. The Bertz CT molecular complexity index is 1060. The summed E-state index contributed by atoms with van der Waals surface area (Å²) in [5.41, 5.74) is 3.30. The predicted molar refractivity (Wildman–Crippen MR) is 108 cm³/mol. The highest BCUT2D eigenvalue weighted by Crippen LogP contribution is 2.39. The van der Waals surface area contributed by atoms with Gasteiger partial charge in [0.2, 0.25) is 0 Å². The molecule has 27 heavy (non-hydrogen) atoms. The minimum atomic E-state index is -0.471. The molecule has 1 amide bonds. The lowest BCUT2D eigenvalue weighted by Gasteiger charge is -2.36. The number of fused-ring (bicyclic) bond motifs is 1. The van der Waals surface area contributed by atoms with Gasteiger partial charge in [-0.05, 0) is 37.3 Å². The van der Waals surface area contributed by atoms with Crippen LogP contribution >= 0.6 is 34.8 Å². The average Bonchev–Trinajstić information content (AvgIpc) is 3.00. The predicted octanol–water partition coefficient (Wildman–Crippen LogP) is 5.34. The first-order valence-electron chi connectivity index (χ1n) is 8.21. The van der Waals surface area contributed by atoms with Crippen LogP contribution in [-0.2, 0) is 0 Å². The molecule has 0 saturated carbocycles. The Morgan fingerprint density at radius 3 is 2.56 bits per heavy atom. The van der Waals surface area contributed by atoms with E-state index in [1.807, 2.05) is 31.2 Å². The standard InChI is InChI=1S/C19H15Cl3N4O/c1-10-7-16(26(24-10)15-6-4-3-5-13(15)21)18-23-17-12(19(27)25(18)2)8-11(20)9-14(17)22/h3-9,18,23H,1-2H3. The molecule has 1 aliphatic rings. The number of amides is 1. The molecular formula is C19H15Cl3N4O. The summed E-state index contributed by atoms with van der Waals surface area (Å²) in [5, 5.41) is 9.29. The molecule has 2 aromatic carbocycles. The van der Waals surface area contributed by atoms with E-state index in [1.165, 1.54) is 0 Å². The number of para-hydroxylation sites is 1. The number of aryl methyl sites for hydroxylation is 1. The van der Waals surface area contributed by atoms with Crippen molar-refractivity contribution in [3.05, 3.63) is 74.5 Å². The zero-order valence-corrected chi connectivity index (χ0v) is 16.8. The van der Waals surface area contributed by atoms with Gasteiger partial charge in [-0.25, -0.2) is 4.68 Å². The van der Waals surface area contributed by atoms with Gasteiger partial charge in [-0.1, -0.05) is 46.9 Å². The van der Waals surface area contributed by atoms with Crippen molar-refractivity contribution in [3.63, 3.8) is 0 Å². The van der Waals surface area contributed by atoms with Crippen molar-refractivity contribution in [2.24, 2.45) is 0 Å². The van der Waals surface area contributed by atoms with E-state index < -0.39 is 6.17 Å². The molecule has 0 spiro atoms. The summed E-state index contributed by atoms with van der Waals surface area (Å²) in [5.74, 6) is -0.178. The van der Waals surface area contributed by atoms with E-state index in [0.717, 1.165) is 17.1 Å². The van der Waals surface area contributed by atoms with Gasteiger partial charge in [0.25, 0.3) is 5.91 Å². The number of benzene rings is 2. The number of nitrogens with one attached hydrogen (secondary N) is 1. The van der Waals surface area contributed by atoms with Crippen LogP contribution in [-0.4, -0.2) is 27.6 Å². The molecule has 0 radical (unpaired) electrons. The first kappa shape index (κ1) is 18.2. The van der Waals surface area contributed by atoms with Crippen LogP contribution in [0.4, 0.5) is 5.69 Å². The number of nitrogens with zero attached hydrogens (tertiary/aromatic N) is 3. The van der Waals surface area contributed by atoms with Crippen LogP contribution in [0.5, 0.6) is 0 Å². The zero-order valence-electron chi connectivity index (χ0n) is 14.5. The van der Waals surface area contributed by atoms with Gasteiger partial charge in [0, 0.05) is 12.1 Å². The number of carbonyl (C=O) groups excluding carboxylic acids is 1. The van der Waals surface area contributed by atoms with E-state index in [9.17, 15) is 4.79 Å². The fourth-order valence-electron chi connectivity index (χ4n) is 3.23. The molecule has 5 nitrogen and oxygen atoms in total. The van der Waals surface area contributed by atoms with E-state index in [1.54, 1.807) is 34.8 Å². The minimum absolute atomic E-state index is 0.178. The van der Waals surface area contributed by atoms with Gasteiger partial charge in [-0.15, -0.1) is 0 Å². The van der Waals surface area contributed by atoms with E-state index in [-0.39, 0.29) is 5.91 Å². The summed E-state index contributed by atoms with van der Waals surface area (Å²) < 4.78 is 1.74. The van der Waals surface area contributed by atoms with E-state index in [2.05, 4.69) is 10.4 Å². The van der Waals surface area contributed by atoms with E-state index in [4.69, 9.17) is 34.8 Å². The molecule has 1 aliphatic heterocycles. The highest BCUT2D eigenvalue weighted by Gasteiger charge is 2.34. The van der Waals surface area contributed by atoms with Gasteiger partial charge in [0.05, 0.1) is 38.4 Å². The van der Waals surface area contributed by atoms with Crippen molar-refractivity contribution in [1.82, 2.24) is 14.7 Å². The summed E-state index contributed by atoms with van der Waals surface area (Å²) in [6.07, 6.45) is -0.471. The number of anilines is 1. The second-order valence-electron chi connectivity index (χ2n) is 6.35. The monoisotopic (exact) mass is 420 g/mol. The van der Waals surface area contributed by atoms with Crippen molar-refractivity contribution in [1.29, 1.82) is 0 Å². The summed E-state index contributed by atoms with van der Waals surface area (Å²) >= 11 is 18.8. The van der Waals surface area contributed by atoms with Gasteiger partial charge in [-0.2, -0.15) is 5.10 Å². The maximum atomic E-state index is 12.9. The van der Waals surface area contributed by atoms with Gasteiger partial charge < -0.3 is 10.2 Å². The minimum Gasteiger partial charge on any atom is -0.358 e. The quantitative estimate of drug-likeness (QED) is 0.608. The molecule has 1 atom stereocenters. The number of carbonyl (C=O) groups is 1. The second-order valence-corrected chi connectivity index (χ2v) is 7.60. The number of aromatic nitrogens is 2. The van der Waals surface area contributed by atoms with Crippen molar-refractivity contribution < 1.29 is 4.79 Å². The molecule has 0 saturated heterocycles. The van der Waals surface area contributed by atoms with Gasteiger partial charge in [-0.3, -0.25) is 4.79 Å². The van der Waals surface area contributed by atoms with E-state index in [0.29, 0.717) is 26.3 Å². The lowest BCUT2D eigenvalue weighted by molar-refractivity contribution is 0.0731. The zero-order chi connectivity index (χ0) is 19.3. The highest BCUT2D eigenvalue weighted by molar-refractivity contribution is 6.37. The first-order chi connectivity index (χ1) is 12.9. The van der Waals surface area contributed by atoms with Crippen LogP contribution in [0.3, 0.4) is 0 Å². The number of hydrogen-bond acceptors (Lipinski definition) is 3. The smallest absolute Gasteiger partial charge is 0.257 e. The second kappa shape index (κ2) is 6.75.